The maximum atomic E-state index is 3.71. The normalized spacial score (nSPS) is 17.6. The summed E-state index contributed by atoms with van der Waals surface area (Å²) in [5, 5.41) is 3.71. The van der Waals surface area contributed by atoms with Crippen LogP contribution in [0.1, 0.15) is 64.0 Å². The molecule has 1 saturated carbocycles. The van der Waals surface area contributed by atoms with Gasteiger partial charge in [0.15, 0.2) is 0 Å². The highest BCUT2D eigenvalue weighted by atomic mass is 14.9. The number of hydrogen-bond acceptors (Lipinski definition) is 1. The van der Waals surface area contributed by atoms with Crippen LogP contribution in [0.3, 0.4) is 0 Å². The van der Waals surface area contributed by atoms with Crippen LogP contribution < -0.4 is 5.32 Å². The fourth-order valence-electron chi connectivity index (χ4n) is 2.90. The van der Waals surface area contributed by atoms with Crippen molar-refractivity contribution in [1.82, 2.24) is 5.32 Å². The molecule has 0 amide bonds. The molecule has 19 heavy (non-hydrogen) atoms. The summed E-state index contributed by atoms with van der Waals surface area (Å²) in [5.41, 5.74) is 3.14. The molecule has 1 aliphatic rings. The summed E-state index contributed by atoms with van der Waals surface area (Å²) >= 11 is 0. The van der Waals surface area contributed by atoms with Crippen LogP contribution in [0, 0.1) is 0 Å². The molecule has 0 aromatic heterocycles. The first-order valence-electron chi connectivity index (χ1n) is 7.88. The molecule has 0 saturated heterocycles. The van der Waals surface area contributed by atoms with E-state index in [1.165, 1.54) is 43.2 Å². The van der Waals surface area contributed by atoms with E-state index in [0.29, 0.717) is 0 Å². The van der Waals surface area contributed by atoms with Crippen LogP contribution in [0.4, 0.5) is 0 Å². The zero-order valence-corrected chi connectivity index (χ0v) is 12.8. The third-order valence-corrected chi connectivity index (χ3v) is 4.27. The summed E-state index contributed by atoms with van der Waals surface area (Å²) in [4.78, 5) is 0. The minimum absolute atomic E-state index is 0.263. The van der Waals surface area contributed by atoms with Crippen LogP contribution in [-0.4, -0.2) is 12.6 Å². The molecule has 0 atom stereocenters. The van der Waals surface area contributed by atoms with Crippen LogP contribution in [-0.2, 0) is 11.8 Å². The smallest absolute Gasteiger partial charge is 0.00671 e. The van der Waals surface area contributed by atoms with E-state index in [-0.39, 0.29) is 5.41 Å². The molecule has 1 aliphatic carbocycles. The lowest BCUT2D eigenvalue weighted by atomic mass is 9.86. The summed E-state index contributed by atoms with van der Waals surface area (Å²) in [6.45, 7) is 7.94. The van der Waals surface area contributed by atoms with Gasteiger partial charge >= 0.3 is 0 Å². The second-order valence-electron chi connectivity index (χ2n) is 6.99. The Hall–Kier alpha value is -0.820. The summed E-state index contributed by atoms with van der Waals surface area (Å²) < 4.78 is 0. The Bertz CT molecular complexity index is 366. The van der Waals surface area contributed by atoms with Crippen LogP contribution >= 0.6 is 0 Å². The van der Waals surface area contributed by atoms with Gasteiger partial charge in [0.1, 0.15) is 0 Å². The molecule has 0 spiro atoms. The first-order chi connectivity index (χ1) is 9.05. The molecular weight excluding hydrogens is 230 g/mol. The van der Waals surface area contributed by atoms with Gasteiger partial charge in [0.25, 0.3) is 0 Å². The average molecular weight is 259 g/mol. The monoisotopic (exact) mass is 259 g/mol. The van der Waals surface area contributed by atoms with Gasteiger partial charge in [-0.3, -0.25) is 0 Å². The molecule has 0 unspecified atom stereocenters. The minimum atomic E-state index is 0.263. The van der Waals surface area contributed by atoms with E-state index in [1.807, 2.05) is 0 Å². The number of benzene rings is 1. The van der Waals surface area contributed by atoms with Crippen molar-refractivity contribution in [3.8, 4) is 0 Å². The van der Waals surface area contributed by atoms with E-state index in [0.717, 1.165) is 19.0 Å². The fraction of sp³-hybridized carbons (Fsp3) is 0.667. The Balaban J connectivity index is 1.76. The molecule has 0 radical (unpaired) electrons. The zero-order chi connectivity index (χ0) is 13.7. The minimum Gasteiger partial charge on any atom is -0.314 e. The standard InChI is InChI=1S/C18H29N/c1-18(2,3)16-11-9-15(10-12-16)13-14-19-17-7-5-4-6-8-17/h9-12,17,19H,4-8,13-14H2,1-3H3. The van der Waals surface area contributed by atoms with Crippen molar-refractivity contribution in [1.29, 1.82) is 0 Å². The van der Waals surface area contributed by atoms with E-state index in [2.05, 4.69) is 50.4 Å². The second kappa shape index (κ2) is 6.56. The molecule has 1 nitrogen and oxygen atoms in total. The van der Waals surface area contributed by atoms with Crippen molar-refractivity contribution in [2.75, 3.05) is 6.54 Å². The molecule has 2 rings (SSSR count). The highest BCUT2D eigenvalue weighted by molar-refractivity contribution is 5.27. The van der Waals surface area contributed by atoms with Crippen LogP contribution in [0.2, 0.25) is 0 Å². The molecule has 0 bridgehead atoms. The number of hydrogen-bond donors (Lipinski definition) is 1. The Kier molecular flexibility index (Phi) is 5.04. The second-order valence-corrected chi connectivity index (χ2v) is 6.99. The number of rotatable bonds is 4. The largest absolute Gasteiger partial charge is 0.314 e. The first kappa shape index (κ1) is 14.6. The van der Waals surface area contributed by atoms with Gasteiger partial charge in [0.05, 0.1) is 0 Å². The predicted octanol–water partition coefficient (Wildman–Crippen LogP) is 4.45. The molecule has 1 aromatic carbocycles. The maximum absolute atomic E-state index is 3.71. The predicted molar refractivity (Wildman–Crippen MR) is 83.7 cm³/mol. The Labute approximate surface area is 118 Å². The zero-order valence-electron chi connectivity index (χ0n) is 12.8. The van der Waals surface area contributed by atoms with Gasteiger partial charge in [-0.15, -0.1) is 0 Å². The Morgan fingerprint density at radius 3 is 2.21 bits per heavy atom. The van der Waals surface area contributed by atoms with E-state index in [9.17, 15) is 0 Å². The molecule has 106 valence electrons. The summed E-state index contributed by atoms with van der Waals surface area (Å²) in [6, 6.07) is 9.95. The quantitative estimate of drug-likeness (QED) is 0.842. The van der Waals surface area contributed by atoms with Crippen molar-refractivity contribution < 1.29 is 0 Å². The topological polar surface area (TPSA) is 12.0 Å². The Morgan fingerprint density at radius 1 is 1.00 bits per heavy atom. The summed E-state index contributed by atoms with van der Waals surface area (Å²) in [7, 11) is 0. The first-order valence-corrected chi connectivity index (χ1v) is 7.88. The molecular formula is C18H29N. The summed E-state index contributed by atoms with van der Waals surface area (Å²) in [5.74, 6) is 0. The van der Waals surface area contributed by atoms with Crippen LogP contribution in [0.15, 0.2) is 24.3 Å². The van der Waals surface area contributed by atoms with Crippen LogP contribution in [0.25, 0.3) is 0 Å². The average Bonchev–Trinajstić information content (AvgIpc) is 2.39. The summed E-state index contributed by atoms with van der Waals surface area (Å²) in [6.07, 6.45) is 8.18. The van der Waals surface area contributed by atoms with Gasteiger partial charge in [0, 0.05) is 6.04 Å². The van der Waals surface area contributed by atoms with Crippen molar-refractivity contribution in [2.45, 2.75) is 70.8 Å². The highest BCUT2D eigenvalue weighted by Gasteiger charge is 2.13. The highest BCUT2D eigenvalue weighted by Crippen LogP contribution is 2.22. The van der Waals surface area contributed by atoms with Gasteiger partial charge in [0.2, 0.25) is 0 Å². The SMILES string of the molecule is CC(C)(C)c1ccc(CCNC2CCCCC2)cc1. The number of nitrogens with one attached hydrogen (secondary N) is 1. The van der Waals surface area contributed by atoms with E-state index < -0.39 is 0 Å². The van der Waals surface area contributed by atoms with Gasteiger partial charge in [-0.05, 0) is 42.3 Å². The molecule has 0 heterocycles. The van der Waals surface area contributed by atoms with E-state index in [4.69, 9.17) is 0 Å². The van der Waals surface area contributed by atoms with E-state index >= 15 is 0 Å². The fourth-order valence-corrected chi connectivity index (χ4v) is 2.90. The lowest BCUT2D eigenvalue weighted by Gasteiger charge is -2.23. The maximum Gasteiger partial charge on any atom is 0.00671 e. The van der Waals surface area contributed by atoms with Crippen LogP contribution in [0.5, 0.6) is 0 Å². The Morgan fingerprint density at radius 2 is 1.63 bits per heavy atom. The van der Waals surface area contributed by atoms with Crippen molar-refractivity contribution >= 4 is 0 Å². The van der Waals surface area contributed by atoms with Crippen molar-refractivity contribution in [3.63, 3.8) is 0 Å². The molecule has 1 fully saturated rings. The molecule has 0 aliphatic heterocycles. The van der Waals surface area contributed by atoms with Crippen molar-refractivity contribution in [2.24, 2.45) is 0 Å². The molecule has 1 heteroatoms. The van der Waals surface area contributed by atoms with Gasteiger partial charge in [-0.25, -0.2) is 0 Å². The van der Waals surface area contributed by atoms with Crippen molar-refractivity contribution in [3.05, 3.63) is 35.4 Å². The third-order valence-electron chi connectivity index (χ3n) is 4.27. The lowest BCUT2D eigenvalue weighted by molar-refractivity contribution is 0.375. The van der Waals surface area contributed by atoms with E-state index in [1.54, 1.807) is 0 Å². The van der Waals surface area contributed by atoms with Gasteiger partial charge < -0.3 is 5.32 Å². The molecule has 1 aromatic rings. The molecule has 1 N–H and O–H groups in total. The third kappa shape index (κ3) is 4.65. The van der Waals surface area contributed by atoms with Gasteiger partial charge in [-0.1, -0.05) is 64.3 Å². The van der Waals surface area contributed by atoms with Gasteiger partial charge in [-0.2, -0.15) is 0 Å². The lowest BCUT2D eigenvalue weighted by Crippen LogP contribution is -2.32.